The molecule has 0 N–H and O–H groups in total. The average molecular weight is 533 g/mol. The predicted octanol–water partition coefficient (Wildman–Crippen LogP) is 12.9. The highest BCUT2D eigenvalue weighted by atomic mass is 16.5. The second-order valence-corrected chi connectivity index (χ2v) is 11.9. The topological polar surface area (TPSA) is 26.3 Å². The number of hydrogen-bond donors (Lipinski definition) is 0. The maximum Gasteiger partial charge on any atom is 0.00443 e. The van der Waals surface area contributed by atoms with Gasteiger partial charge in [0.1, 0.15) is 0 Å². The van der Waals surface area contributed by atoms with Gasteiger partial charge in [0.05, 0.1) is 0 Å². The summed E-state index contributed by atoms with van der Waals surface area (Å²) in [4.78, 5) is 0. The van der Waals surface area contributed by atoms with Crippen LogP contribution in [-0.2, 0) is 0 Å². The minimum atomic E-state index is 0.529. The van der Waals surface area contributed by atoms with Gasteiger partial charge in [-0.2, -0.15) is 0 Å². The summed E-state index contributed by atoms with van der Waals surface area (Å²) in [6.45, 7) is 5.64. The van der Waals surface area contributed by atoms with E-state index in [1.165, 1.54) is 172 Å². The van der Waals surface area contributed by atoms with Crippen LogP contribution in [-0.4, -0.2) is 18.2 Å². The van der Waals surface area contributed by atoms with Gasteiger partial charge in [-0.15, -0.1) is 0 Å². The third-order valence-corrected chi connectivity index (χ3v) is 7.90. The van der Waals surface area contributed by atoms with E-state index in [2.05, 4.69) is 38.2 Å². The van der Waals surface area contributed by atoms with Crippen LogP contribution in [0.5, 0.6) is 0 Å². The van der Waals surface area contributed by atoms with Crippen molar-refractivity contribution in [1.29, 1.82) is 0 Å². The number of unbranched alkanes of at least 4 members (excludes halogenated alkanes) is 26. The van der Waals surface area contributed by atoms with Crippen molar-refractivity contribution in [2.75, 3.05) is 13.1 Å². The summed E-state index contributed by atoms with van der Waals surface area (Å²) in [6.07, 6.45) is 47.2. The number of nitrogens with zero attached hydrogens (tertiary/aromatic N) is 1. The van der Waals surface area contributed by atoms with Crippen LogP contribution in [0.1, 0.15) is 194 Å². The zero-order valence-electron chi connectivity index (χ0n) is 26.4. The van der Waals surface area contributed by atoms with Crippen molar-refractivity contribution < 1.29 is 0 Å². The molecule has 0 amide bonds. The summed E-state index contributed by atoms with van der Waals surface area (Å²) in [5, 5.41) is 13.1. The Hall–Kier alpha value is -0.600. The summed E-state index contributed by atoms with van der Waals surface area (Å²) >= 11 is 0. The van der Waals surface area contributed by atoms with Gasteiger partial charge in [0, 0.05) is 13.1 Å². The SMILES string of the molecule is CCCCCCCCCCCCCCCC=CCN([O-])CC=CCCCCCCCCCCCCCCC. The molecule has 38 heavy (non-hydrogen) atoms. The molecule has 226 valence electrons. The largest absolute Gasteiger partial charge is 0.785 e. The zero-order chi connectivity index (χ0) is 27.6. The van der Waals surface area contributed by atoms with Crippen molar-refractivity contribution in [3.8, 4) is 0 Å². The minimum Gasteiger partial charge on any atom is -0.785 e. The fourth-order valence-corrected chi connectivity index (χ4v) is 5.25. The fourth-order valence-electron chi connectivity index (χ4n) is 5.25. The van der Waals surface area contributed by atoms with Crippen LogP contribution in [0.15, 0.2) is 24.3 Å². The van der Waals surface area contributed by atoms with E-state index in [1.807, 2.05) is 0 Å². The summed E-state index contributed by atoms with van der Waals surface area (Å²) in [5.74, 6) is 0. The molecule has 0 rings (SSSR count). The lowest BCUT2D eigenvalue weighted by molar-refractivity contribution is 0.463. The predicted molar refractivity (Wildman–Crippen MR) is 174 cm³/mol. The lowest BCUT2D eigenvalue weighted by Crippen LogP contribution is -2.15. The highest BCUT2D eigenvalue weighted by Crippen LogP contribution is 2.14. The van der Waals surface area contributed by atoms with Crippen LogP contribution < -0.4 is 0 Å². The van der Waals surface area contributed by atoms with E-state index in [9.17, 15) is 5.21 Å². The van der Waals surface area contributed by atoms with Crippen LogP contribution in [0.4, 0.5) is 0 Å². The molecular weight excluding hydrogens is 462 g/mol. The van der Waals surface area contributed by atoms with Crippen molar-refractivity contribution in [3.63, 3.8) is 0 Å². The van der Waals surface area contributed by atoms with Crippen molar-refractivity contribution >= 4 is 0 Å². The molecule has 0 unspecified atom stereocenters. The molecule has 0 radical (unpaired) electrons. The van der Waals surface area contributed by atoms with Crippen molar-refractivity contribution in [3.05, 3.63) is 29.5 Å². The molecular formula is C36H70NO-. The zero-order valence-corrected chi connectivity index (χ0v) is 26.4. The lowest BCUT2D eigenvalue weighted by Gasteiger charge is -2.24. The Morgan fingerprint density at radius 2 is 0.579 bits per heavy atom. The first-order valence-corrected chi connectivity index (χ1v) is 17.5. The summed E-state index contributed by atoms with van der Waals surface area (Å²) in [7, 11) is 0. The van der Waals surface area contributed by atoms with Crippen LogP contribution >= 0.6 is 0 Å². The van der Waals surface area contributed by atoms with E-state index in [-0.39, 0.29) is 0 Å². The van der Waals surface area contributed by atoms with Gasteiger partial charge in [0.25, 0.3) is 0 Å². The van der Waals surface area contributed by atoms with E-state index in [0.717, 1.165) is 12.8 Å². The van der Waals surface area contributed by atoms with Gasteiger partial charge in [0.2, 0.25) is 0 Å². The molecule has 0 spiro atoms. The molecule has 0 aromatic carbocycles. The molecule has 0 saturated heterocycles. The molecule has 0 aromatic rings. The molecule has 0 atom stereocenters. The highest BCUT2D eigenvalue weighted by Gasteiger charge is 1.95. The van der Waals surface area contributed by atoms with Gasteiger partial charge in [-0.25, -0.2) is 0 Å². The Labute approximate surface area is 241 Å². The second-order valence-electron chi connectivity index (χ2n) is 11.9. The molecule has 2 heteroatoms. The van der Waals surface area contributed by atoms with Gasteiger partial charge in [0.15, 0.2) is 0 Å². The molecule has 0 aliphatic heterocycles. The Balaban J connectivity index is 3.27. The summed E-state index contributed by atoms with van der Waals surface area (Å²) in [5.41, 5.74) is 0. The van der Waals surface area contributed by atoms with Gasteiger partial charge < -0.3 is 10.3 Å². The Morgan fingerprint density at radius 1 is 0.342 bits per heavy atom. The van der Waals surface area contributed by atoms with Crippen molar-refractivity contribution in [2.45, 2.75) is 194 Å². The first kappa shape index (κ1) is 37.4. The lowest BCUT2D eigenvalue weighted by atomic mass is 10.0. The van der Waals surface area contributed by atoms with Crippen LogP contribution in [0.3, 0.4) is 0 Å². The second kappa shape index (κ2) is 34.4. The van der Waals surface area contributed by atoms with Crippen molar-refractivity contribution in [1.82, 2.24) is 5.06 Å². The molecule has 0 saturated carbocycles. The van der Waals surface area contributed by atoms with Gasteiger partial charge >= 0.3 is 0 Å². The molecule has 0 fully saturated rings. The van der Waals surface area contributed by atoms with E-state index < -0.39 is 0 Å². The standard InChI is InChI=1S/C36H70NO/c1-3-5-7-9-11-13-15-17-19-21-23-25-27-29-31-33-35-37(38)36-34-32-30-28-26-24-22-20-18-16-14-12-10-8-6-4-2/h31-34H,3-30,35-36H2,1-2H3/q-1. The normalized spacial score (nSPS) is 12.1. The van der Waals surface area contributed by atoms with Gasteiger partial charge in [-0.05, 0) is 25.7 Å². The molecule has 0 bridgehead atoms. The van der Waals surface area contributed by atoms with Crippen LogP contribution in [0, 0.1) is 5.21 Å². The summed E-state index contributed by atoms with van der Waals surface area (Å²) in [6, 6.07) is 0. The van der Waals surface area contributed by atoms with Crippen LogP contribution in [0.2, 0.25) is 0 Å². The quantitative estimate of drug-likeness (QED) is 0.0489. The highest BCUT2D eigenvalue weighted by molar-refractivity contribution is 4.90. The maximum atomic E-state index is 12.0. The first-order chi connectivity index (χ1) is 18.8. The van der Waals surface area contributed by atoms with E-state index in [0.29, 0.717) is 13.1 Å². The third kappa shape index (κ3) is 33.4. The maximum absolute atomic E-state index is 12.0. The summed E-state index contributed by atoms with van der Waals surface area (Å²) < 4.78 is 0. The number of hydrogen-bond acceptors (Lipinski definition) is 2. The Bertz CT molecular complexity index is 430. The first-order valence-electron chi connectivity index (χ1n) is 17.5. The Kier molecular flexibility index (Phi) is 33.9. The van der Waals surface area contributed by atoms with E-state index in [1.54, 1.807) is 0 Å². The average Bonchev–Trinajstić information content (AvgIpc) is 2.92. The molecule has 0 heterocycles. The third-order valence-electron chi connectivity index (χ3n) is 7.90. The van der Waals surface area contributed by atoms with Gasteiger partial charge in [-0.3, -0.25) is 0 Å². The van der Waals surface area contributed by atoms with Gasteiger partial charge in [-0.1, -0.05) is 192 Å². The van der Waals surface area contributed by atoms with Crippen LogP contribution in [0.25, 0.3) is 0 Å². The molecule has 2 nitrogen and oxygen atoms in total. The number of hydroxylamine groups is 2. The molecule has 0 aromatic heterocycles. The van der Waals surface area contributed by atoms with E-state index >= 15 is 0 Å². The fraction of sp³-hybridized carbons (Fsp3) is 0.889. The smallest absolute Gasteiger partial charge is 0.00443 e. The molecule has 0 aliphatic rings. The van der Waals surface area contributed by atoms with E-state index in [4.69, 9.17) is 0 Å². The number of rotatable bonds is 32. The molecule has 0 aliphatic carbocycles. The minimum absolute atomic E-state index is 0.529. The van der Waals surface area contributed by atoms with Crippen molar-refractivity contribution in [2.24, 2.45) is 0 Å². The monoisotopic (exact) mass is 533 g/mol. The number of allylic oxidation sites excluding steroid dienone is 2. The Morgan fingerprint density at radius 3 is 0.842 bits per heavy atom.